The molecule has 1 amide bonds. The van der Waals surface area contributed by atoms with Gasteiger partial charge in [-0.1, -0.05) is 44.2 Å². The third kappa shape index (κ3) is 2.01. The smallest absolute Gasteiger partial charge is 0.254 e. The zero-order valence-electron chi connectivity index (χ0n) is 11.6. The van der Waals surface area contributed by atoms with Crippen molar-refractivity contribution < 1.29 is 4.79 Å². The van der Waals surface area contributed by atoms with Crippen molar-refractivity contribution in [2.24, 2.45) is 5.92 Å². The van der Waals surface area contributed by atoms with Crippen LogP contribution in [0.25, 0.3) is 10.8 Å². The zero-order valence-corrected chi connectivity index (χ0v) is 11.6. The first-order valence-electron chi connectivity index (χ1n) is 6.91. The summed E-state index contributed by atoms with van der Waals surface area (Å²) in [5.74, 6) is 0.691. The molecule has 0 aromatic heterocycles. The van der Waals surface area contributed by atoms with Gasteiger partial charge in [-0.2, -0.15) is 0 Å². The maximum absolute atomic E-state index is 12.5. The number of rotatable bonds is 2. The lowest BCUT2D eigenvalue weighted by Crippen LogP contribution is -2.16. The highest BCUT2D eigenvalue weighted by Crippen LogP contribution is 2.35. The van der Waals surface area contributed by atoms with Gasteiger partial charge < -0.3 is 4.90 Å². The van der Waals surface area contributed by atoms with Gasteiger partial charge in [-0.15, -0.1) is 0 Å². The van der Waals surface area contributed by atoms with Crippen molar-refractivity contribution in [2.75, 3.05) is 0 Å². The minimum absolute atomic E-state index is 0.164. The number of carbonyl (C=O) groups excluding carboxylic acids is 1. The molecule has 0 unspecified atom stereocenters. The van der Waals surface area contributed by atoms with Crippen LogP contribution in [0, 0.1) is 5.92 Å². The van der Waals surface area contributed by atoms with Crippen LogP contribution in [-0.4, -0.2) is 22.9 Å². The van der Waals surface area contributed by atoms with E-state index in [9.17, 15) is 4.79 Å². The van der Waals surface area contributed by atoms with Gasteiger partial charge in [0.25, 0.3) is 5.91 Å². The van der Waals surface area contributed by atoms with Crippen LogP contribution < -0.4 is 0 Å². The van der Waals surface area contributed by atoms with E-state index in [0.29, 0.717) is 18.0 Å². The second-order valence-corrected chi connectivity index (χ2v) is 5.75. The number of hydrogen-bond acceptors (Lipinski definition) is 1. The molecular weight excluding hydrogens is 234 g/mol. The molecule has 1 heterocycles. The number of hydrogen-bond donors (Lipinski definition) is 0. The fraction of sp³-hybridized carbons (Fsp3) is 0.353. The third-order valence-corrected chi connectivity index (χ3v) is 4.08. The van der Waals surface area contributed by atoms with Gasteiger partial charge >= 0.3 is 0 Å². The minimum Gasteiger partial charge on any atom is -0.329 e. The monoisotopic (exact) mass is 253 g/mol. The Kier molecular flexibility index (Phi) is 2.81. The Labute approximate surface area is 114 Å². The second-order valence-electron chi connectivity index (χ2n) is 5.75. The predicted molar refractivity (Wildman–Crippen MR) is 78.2 cm³/mol. The van der Waals surface area contributed by atoms with E-state index in [1.54, 1.807) is 0 Å². The number of fused-ring (bicyclic) bond motifs is 1. The van der Waals surface area contributed by atoms with Crippen LogP contribution in [0.3, 0.4) is 0 Å². The van der Waals surface area contributed by atoms with Crippen LogP contribution >= 0.6 is 0 Å². The van der Waals surface area contributed by atoms with Gasteiger partial charge in [0.05, 0.1) is 12.1 Å². The molecule has 2 aromatic carbocycles. The Hall–Kier alpha value is -1.83. The molecule has 0 N–H and O–H groups in total. The summed E-state index contributed by atoms with van der Waals surface area (Å²) in [5.41, 5.74) is 0.800. The first kappa shape index (κ1) is 12.2. The van der Waals surface area contributed by atoms with Crippen molar-refractivity contribution in [1.29, 1.82) is 0 Å². The van der Waals surface area contributed by atoms with Crippen LogP contribution in [0.15, 0.2) is 42.5 Å². The van der Waals surface area contributed by atoms with Crippen LogP contribution in [0.5, 0.6) is 0 Å². The SMILES string of the molecule is CC(C)[C@H]1[C@H](C)N1C(=O)c1ccc2ccccc2c1. The number of carbonyl (C=O) groups is 1. The maximum atomic E-state index is 12.5. The summed E-state index contributed by atoms with van der Waals surface area (Å²) in [6.07, 6.45) is 0. The van der Waals surface area contributed by atoms with Gasteiger partial charge in [0.2, 0.25) is 0 Å². The Bertz CT molecular complexity index is 632. The molecule has 0 aliphatic carbocycles. The largest absolute Gasteiger partial charge is 0.329 e. The van der Waals surface area contributed by atoms with E-state index in [4.69, 9.17) is 0 Å². The summed E-state index contributed by atoms with van der Waals surface area (Å²) in [6, 6.07) is 14.9. The summed E-state index contributed by atoms with van der Waals surface area (Å²) < 4.78 is 0. The van der Waals surface area contributed by atoms with Gasteiger partial charge in [0.15, 0.2) is 0 Å². The van der Waals surface area contributed by atoms with E-state index in [0.717, 1.165) is 10.9 Å². The van der Waals surface area contributed by atoms with Crippen molar-refractivity contribution in [2.45, 2.75) is 32.9 Å². The molecule has 0 bridgehead atoms. The fourth-order valence-electron chi connectivity index (χ4n) is 3.04. The van der Waals surface area contributed by atoms with Crippen LogP contribution in [0.4, 0.5) is 0 Å². The number of benzene rings is 2. The predicted octanol–water partition coefficient (Wildman–Crippen LogP) is 3.71. The number of nitrogens with zero attached hydrogens (tertiary/aromatic N) is 1. The maximum Gasteiger partial charge on any atom is 0.254 e. The molecule has 98 valence electrons. The molecule has 0 spiro atoms. The van der Waals surface area contributed by atoms with Crippen molar-refractivity contribution >= 4 is 16.7 Å². The normalized spacial score (nSPS) is 22.0. The molecule has 2 atom stereocenters. The molecule has 1 aliphatic rings. The standard InChI is InChI=1S/C17H19NO/c1-11(2)16-12(3)18(16)17(19)15-9-8-13-6-4-5-7-14(13)10-15/h4-12,16H,1-3H3/t12-,16-,18?/m0/s1. The zero-order chi connectivity index (χ0) is 13.6. The summed E-state index contributed by atoms with van der Waals surface area (Å²) in [5, 5.41) is 2.31. The van der Waals surface area contributed by atoms with Crippen molar-refractivity contribution in [3.05, 3.63) is 48.0 Å². The van der Waals surface area contributed by atoms with E-state index in [-0.39, 0.29) is 5.91 Å². The topological polar surface area (TPSA) is 20.1 Å². The quantitative estimate of drug-likeness (QED) is 0.747. The molecule has 0 radical (unpaired) electrons. The average molecular weight is 253 g/mol. The van der Waals surface area contributed by atoms with Crippen LogP contribution in [0.1, 0.15) is 31.1 Å². The first-order valence-corrected chi connectivity index (χ1v) is 6.91. The molecule has 1 saturated heterocycles. The van der Waals surface area contributed by atoms with Gasteiger partial charge in [-0.25, -0.2) is 0 Å². The Balaban J connectivity index is 1.91. The van der Waals surface area contributed by atoms with Crippen molar-refractivity contribution in [3.63, 3.8) is 0 Å². The Morgan fingerprint density at radius 3 is 2.42 bits per heavy atom. The lowest BCUT2D eigenvalue weighted by Gasteiger charge is -2.07. The summed E-state index contributed by atoms with van der Waals surface area (Å²) in [7, 11) is 0. The van der Waals surface area contributed by atoms with Crippen molar-refractivity contribution in [3.8, 4) is 0 Å². The molecular formula is C17H19NO. The van der Waals surface area contributed by atoms with E-state index in [2.05, 4.69) is 32.9 Å². The summed E-state index contributed by atoms with van der Waals surface area (Å²) in [6.45, 7) is 6.48. The fourth-order valence-corrected chi connectivity index (χ4v) is 3.04. The number of amides is 1. The average Bonchev–Trinajstić information content (AvgIpc) is 3.09. The molecule has 1 fully saturated rings. The molecule has 2 nitrogen and oxygen atoms in total. The third-order valence-electron chi connectivity index (χ3n) is 4.08. The van der Waals surface area contributed by atoms with Gasteiger partial charge in [-0.05, 0) is 35.7 Å². The van der Waals surface area contributed by atoms with Gasteiger partial charge in [0, 0.05) is 5.56 Å². The lowest BCUT2D eigenvalue weighted by molar-refractivity contribution is 0.0860. The molecule has 0 saturated carbocycles. The highest BCUT2D eigenvalue weighted by Gasteiger charge is 2.49. The van der Waals surface area contributed by atoms with E-state index >= 15 is 0 Å². The highest BCUT2D eigenvalue weighted by molar-refractivity contribution is 6.00. The highest BCUT2D eigenvalue weighted by atomic mass is 16.2. The molecule has 19 heavy (non-hydrogen) atoms. The molecule has 2 aromatic rings. The van der Waals surface area contributed by atoms with E-state index in [1.165, 1.54) is 5.39 Å². The van der Waals surface area contributed by atoms with Crippen LogP contribution in [0.2, 0.25) is 0 Å². The Morgan fingerprint density at radius 2 is 1.79 bits per heavy atom. The van der Waals surface area contributed by atoms with Gasteiger partial charge in [0.1, 0.15) is 0 Å². The molecule has 2 heteroatoms. The van der Waals surface area contributed by atoms with E-state index in [1.807, 2.05) is 35.2 Å². The first-order chi connectivity index (χ1) is 9.09. The second kappa shape index (κ2) is 4.37. The lowest BCUT2D eigenvalue weighted by atomic mass is 10.1. The summed E-state index contributed by atoms with van der Waals surface area (Å²) >= 11 is 0. The van der Waals surface area contributed by atoms with Crippen molar-refractivity contribution in [1.82, 2.24) is 4.90 Å². The molecule has 1 aliphatic heterocycles. The summed E-state index contributed by atoms with van der Waals surface area (Å²) in [4.78, 5) is 14.5. The van der Waals surface area contributed by atoms with Gasteiger partial charge in [-0.3, -0.25) is 4.79 Å². The van der Waals surface area contributed by atoms with Crippen LogP contribution in [-0.2, 0) is 0 Å². The molecule has 3 rings (SSSR count). The van der Waals surface area contributed by atoms with E-state index < -0.39 is 0 Å². The minimum atomic E-state index is 0.164. The Morgan fingerprint density at radius 1 is 1.11 bits per heavy atom.